The van der Waals surface area contributed by atoms with Crippen molar-refractivity contribution in [3.63, 3.8) is 0 Å². The zero-order chi connectivity index (χ0) is 20.0. The highest BCUT2D eigenvalue weighted by atomic mass is 16.4. The summed E-state index contributed by atoms with van der Waals surface area (Å²) >= 11 is 0. The number of nitrogens with two attached hydrogens (primary N) is 1. The minimum atomic E-state index is -1.12. The highest BCUT2D eigenvalue weighted by Gasteiger charge is 2.36. The molecule has 8 nitrogen and oxygen atoms in total. The lowest BCUT2D eigenvalue weighted by atomic mass is 10.0. The molecule has 8 heteroatoms. The van der Waals surface area contributed by atoms with Crippen LogP contribution in [0.4, 0.5) is 0 Å². The van der Waals surface area contributed by atoms with E-state index in [2.05, 4.69) is 10.7 Å². The molecule has 27 heavy (non-hydrogen) atoms. The number of hydrazine groups is 1. The van der Waals surface area contributed by atoms with E-state index in [1.807, 2.05) is 44.2 Å². The molecule has 0 bridgehead atoms. The number of carboxylic acids is 1. The Bertz CT molecular complexity index is 665. The van der Waals surface area contributed by atoms with Gasteiger partial charge in [-0.25, -0.2) is 10.2 Å². The van der Waals surface area contributed by atoms with Gasteiger partial charge in [-0.05, 0) is 24.3 Å². The van der Waals surface area contributed by atoms with Gasteiger partial charge < -0.3 is 16.2 Å². The van der Waals surface area contributed by atoms with E-state index < -0.39 is 30.0 Å². The maximum Gasteiger partial charge on any atom is 0.326 e. The molecule has 0 radical (unpaired) electrons. The number of benzene rings is 1. The highest BCUT2D eigenvalue weighted by molar-refractivity contribution is 5.91. The van der Waals surface area contributed by atoms with Crippen molar-refractivity contribution in [2.24, 2.45) is 11.7 Å². The van der Waals surface area contributed by atoms with Gasteiger partial charge in [-0.2, -0.15) is 0 Å². The number of amides is 2. The second-order valence-corrected chi connectivity index (χ2v) is 7.13. The Morgan fingerprint density at radius 3 is 2.56 bits per heavy atom. The fourth-order valence-corrected chi connectivity index (χ4v) is 2.98. The van der Waals surface area contributed by atoms with Crippen LogP contribution in [0.25, 0.3) is 0 Å². The first-order valence-corrected chi connectivity index (χ1v) is 9.20. The molecule has 1 aliphatic heterocycles. The molecule has 2 amide bonds. The Morgan fingerprint density at radius 1 is 1.30 bits per heavy atom. The smallest absolute Gasteiger partial charge is 0.326 e. The molecule has 0 aromatic heterocycles. The Labute approximate surface area is 159 Å². The summed E-state index contributed by atoms with van der Waals surface area (Å²) in [6.07, 6.45) is 1.32. The van der Waals surface area contributed by atoms with Crippen molar-refractivity contribution in [1.29, 1.82) is 0 Å². The predicted octanol–water partition coefficient (Wildman–Crippen LogP) is 0.277. The standard InChI is InChI=1S/C19H28N4O4/c1-12(2)16(20)18(25)23-15(9-6-10-21-23)17(24)22-14(19(26)27)11-13-7-4-3-5-8-13/h3-5,7-8,12,14-16,21H,6,9-11,20H2,1-2H3,(H,22,24)(H,26,27)/t14-,15+,16-/m0/s1. The number of nitrogens with zero attached hydrogens (tertiary/aromatic N) is 1. The van der Waals surface area contributed by atoms with Crippen LogP contribution in [0, 0.1) is 5.92 Å². The van der Waals surface area contributed by atoms with E-state index in [1.54, 1.807) is 0 Å². The molecule has 1 saturated heterocycles. The number of hydrogen-bond donors (Lipinski definition) is 4. The molecule has 0 aliphatic carbocycles. The summed E-state index contributed by atoms with van der Waals surface area (Å²) in [5, 5.41) is 13.3. The number of carboxylic acid groups (broad SMARTS) is 1. The molecule has 5 N–H and O–H groups in total. The topological polar surface area (TPSA) is 125 Å². The number of hydrogen-bond acceptors (Lipinski definition) is 5. The third-order valence-electron chi connectivity index (χ3n) is 4.69. The molecule has 1 aliphatic rings. The fraction of sp³-hybridized carbons (Fsp3) is 0.526. The monoisotopic (exact) mass is 376 g/mol. The van der Waals surface area contributed by atoms with E-state index in [1.165, 1.54) is 5.01 Å². The van der Waals surface area contributed by atoms with Crippen LogP contribution in [0.15, 0.2) is 30.3 Å². The largest absolute Gasteiger partial charge is 0.480 e. The van der Waals surface area contributed by atoms with E-state index >= 15 is 0 Å². The Morgan fingerprint density at radius 2 is 1.96 bits per heavy atom. The first kappa shape index (κ1) is 20.9. The average Bonchev–Trinajstić information content (AvgIpc) is 2.66. The lowest BCUT2D eigenvalue weighted by Crippen LogP contribution is -2.63. The number of nitrogens with one attached hydrogen (secondary N) is 2. The summed E-state index contributed by atoms with van der Waals surface area (Å²) in [5.41, 5.74) is 9.69. The highest BCUT2D eigenvalue weighted by Crippen LogP contribution is 2.15. The van der Waals surface area contributed by atoms with Crippen molar-refractivity contribution in [2.75, 3.05) is 6.54 Å². The van der Waals surface area contributed by atoms with Gasteiger partial charge in [0, 0.05) is 13.0 Å². The summed E-state index contributed by atoms with van der Waals surface area (Å²) in [5.74, 6) is -2.04. The summed E-state index contributed by atoms with van der Waals surface area (Å²) in [7, 11) is 0. The van der Waals surface area contributed by atoms with Crippen LogP contribution < -0.4 is 16.5 Å². The van der Waals surface area contributed by atoms with Gasteiger partial charge in [-0.3, -0.25) is 14.6 Å². The maximum absolute atomic E-state index is 12.8. The van der Waals surface area contributed by atoms with Crippen LogP contribution >= 0.6 is 0 Å². The Balaban J connectivity index is 2.10. The van der Waals surface area contributed by atoms with Crippen LogP contribution in [0.1, 0.15) is 32.3 Å². The van der Waals surface area contributed by atoms with E-state index in [-0.39, 0.29) is 18.2 Å². The molecule has 148 valence electrons. The predicted molar refractivity (Wildman–Crippen MR) is 100 cm³/mol. The van der Waals surface area contributed by atoms with E-state index in [0.29, 0.717) is 19.4 Å². The van der Waals surface area contributed by atoms with Gasteiger partial charge >= 0.3 is 5.97 Å². The second kappa shape index (κ2) is 9.48. The molecule has 1 aromatic carbocycles. The summed E-state index contributed by atoms with van der Waals surface area (Å²) < 4.78 is 0. The number of carbonyl (C=O) groups is 3. The van der Waals surface area contributed by atoms with Crippen molar-refractivity contribution >= 4 is 17.8 Å². The first-order chi connectivity index (χ1) is 12.8. The quantitative estimate of drug-likeness (QED) is 0.542. The lowest BCUT2D eigenvalue weighted by Gasteiger charge is -2.37. The van der Waals surface area contributed by atoms with Crippen molar-refractivity contribution in [3.05, 3.63) is 35.9 Å². The molecular weight excluding hydrogens is 348 g/mol. The van der Waals surface area contributed by atoms with Crippen LogP contribution in [0.2, 0.25) is 0 Å². The van der Waals surface area contributed by atoms with Gasteiger partial charge in [0.1, 0.15) is 12.1 Å². The number of carbonyl (C=O) groups excluding carboxylic acids is 2. The summed E-state index contributed by atoms with van der Waals surface area (Å²) in [4.78, 5) is 37.0. The second-order valence-electron chi connectivity index (χ2n) is 7.13. The lowest BCUT2D eigenvalue weighted by molar-refractivity contribution is -0.150. The maximum atomic E-state index is 12.8. The molecule has 2 rings (SSSR count). The molecule has 0 saturated carbocycles. The van der Waals surface area contributed by atoms with Gasteiger partial charge in [0.25, 0.3) is 5.91 Å². The van der Waals surface area contributed by atoms with E-state index in [9.17, 15) is 19.5 Å². The third-order valence-corrected chi connectivity index (χ3v) is 4.69. The fourth-order valence-electron chi connectivity index (χ4n) is 2.98. The van der Waals surface area contributed by atoms with Crippen LogP contribution in [-0.4, -0.2) is 52.6 Å². The molecule has 0 spiro atoms. The molecule has 1 heterocycles. The van der Waals surface area contributed by atoms with Crippen molar-refractivity contribution < 1.29 is 19.5 Å². The van der Waals surface area contributed by atoms with Gasteiger partial charge in [0.05, 0.1) is 6.04 Å². The van der Waals surface area contributed by atoms with E-state index in [0.717, 1.165) is 5.56 Å². The molecule has 1 aromatic rings. The number of aliphatic carboxylic acids is 1. The summed E-state index contributed by atoms with van der Waals surface area (Å²) in [6.45, 7) is 4.23. The van der Waals surface area contributed by atoms with Gasteiger partial charge in [0.15, 0.2) is 0 Å². The minimum Gasteiger partial charge on any atom is -0.480 e. The average molecular weight is 376 g/mol. The zero-order valence-corrected chi connectivity index (χ0v) is 15.7. The first-order valence-electron chi connectivity index (χ1n) is 9.20. The van der Waals surface area contributed by atoms with Gasteiger partial charge in [-0.1, -0.05) is 44.2 Å². The van der Waals surface area contributed by atoms with Crippen molar-refractivity contribution in [3.8, 4) is 0 Å². The van der Waals surface area contributed by atoms with E-state index in [4.69, 9.17) is 5.73 Å². The molecular formula is C19H28N4O4. The normalized spacial score (nSPS) is 19.4. The van der Waals surface area contributed by atoms with Crippen molar-refractivity contribution in [1.82, 2.24) is 15.8 Å². The Kier molecular flexibility index (Phi) is 7.32. The molecule has 3 atom stereocenters. The number of rotatable bonds is 7. The van der Waals surface area contributed by atoms with Crippen LogP contribution in [0.3, 0.4) is 0 Å². The third kappa shape index (κ3) is 5.51. The zero-order valence-electron chi connectivity index (χ0n) is 15.7. The Hall–Kier alpha value is -2.45. The van der Waals surface area contributed by atoms with Crippen molar-refractivity contribution in [2.45, 2.75) is 51.2 Å². The molecule has 1 fully saturated rings. The van der Waals surface area contributed by atoms with Gasteiger partial charge in [0.2, 0.25) is 5.91 Å². The summed E-state index contributed by atoms with van der Waals surface area (Å²) in [6, 6.07) is 6.50. The molecule has 0 unspecified atom stereocenters. The van der Waals surface area contributed by atoms with Crippen LogP contribution in [0.5, 0.6) is 0 Å². The minimum absolute atomic E-state index is 0.0743. The SMILES string of the molecule is CC(C)[C@H](N)C(=O)N1NCCC[C@@H]1C(=O)N[C@@H](Cc1ccccc1)C(=O)O. The van der Waals surface area contributed by atoms with Gasteiger partial charge in [-0.15, -0.1) is 0 Å². The van der Waals surface area contributed by atoms with Crippen LogP contribution in [-0.2, 0) is 20.8 Å².